The fraction of sp³-hybridized carbons (Fsp3) is 0.188. The van der Waals surface area contributed by atoms with Crippen LogP contribution in [0.1, 0.15) is 22.8 Å². The lowest BCUT2D eigenvalue weighted by Gasteiger charge is -2.07. The third-order valence-corrected chi connectivity index (χ3v) is 5.37. The molecule has 0 spiro atoms. The third kappa shape index (κ3) is 3.94. The lowest BCUT2D eigenvalue weighted by atomic mass is 10.1. The van der Waals surface area contributed by atoms with Crippen LogP contribution >= 0.6 is 23.2 Å². The van der Waals surface area contributed by atoms with E-state index in [2.05, 4.69) is 0 Å². The first kappa shape index (κ1) is 16.2. The molecule has 5 heteroatoms. The van der Waals surface area contributed by atoms with Crippen LogP contribution in [-0.2, 0) is 17.2 Å². The molecule has 0 aliphatic heterocycles. The summed E-state index contributed by atoms with van der Waals surface area (Å²) < 4.78 is 12.3. The van der Waals surface area contributed by atoms with Gasteiger partial charge in [0, 0.05) is 5.56 Å². The number of aryl methyl sites for hydroxylation is 1. The van der Waals surface area contributed by atoms with Gasteiger partial charge in [-0.3, -0.25) is 9.00 Å². The van der Waals surface area contributed by atoms with Gasteiger partial charge in [-0.1, -0.05) is 60.5 Å². The van der Waals surface area contributed by atoms with Gasteiger partial charge in [-0.25, -0.2) is 0 Å². The topological polar surface area (TPSA) is 34.1 Å². The number of ketones is 1. The lowest BCUT2D eigenvalue weighted by Crippen LogP contribution is -2.11. The maximum absolute atomic E-state index is 12.3. The van der Waals surface area contributed by atoms with Crippen molar-refractivity contribution >= 4 is 39.8 Å². The van der Waals surface area contributed by atoms with Gasteiger partial charge in [0.25, 0.3) is 0 Å². The number of rotatable bonds is 5. The van der Waals surface area contributed by atoms with Gasteiger partial charge in [-0.2, -0.15) is 0 Å². The van der Waals surface area contributed by atoms with Gasteiger partial charge in [0.2, 0.25) is 0 Å². The number of carbonyl (C=O) groups is 1. The summed E-state index contributed by atoms with van der Waals surface area (Å²) in [4.78, 5) is 12.5. The van der Waals surface area contributed by atoms with E-state index in [0.29, 0.717) is 20.5 Å². The van der Waals surface area contributed by atoms with E-state index in [4.69, 9.17) is 23.2 Å². The van der Waals surface area contributed by atoms with Crippen molar-refractivity contribution in [1.82, 2.24) is 0 Å². The Hall–Kier alpha value is -1.16. The molecule has 0 heterocycles. The minimum absolute atomic E-state index is 0.130. The summed E-state index contributed by atoms with van der Waals surface area (Å²) in [7, 11) is -1.56. The Kier molecular flexibility index (Phi) is 5.57. The Morgan fingerprint density at radius 3 is 2.14 bits per heavy atom. The molecule has 0 aromatic heterocycles. The molecule has 2 aromatic rings. The van der Waals surface area contributed by atoms with Crippen molar-refractivity contribution in [2.75, 3.05) is 5.75 Å². The van der Waals surface area contributed by atoms with Crippen molar-refractivity contribution in [1.29, 1.82) is 0 Å². The molecule has 1 unspecified atom stereocenters. The quantitative estimate of drug-likeness (QED) is 0.748. The fourth-order valence-corrected chi connectivity index (χ4v) is 3.93. The zero-order valence-electron chi connectivity index (χ0n) is 11.4. The number of carbonyl (C=O) groups excluding carboxylic acids is 1. The van der Waals surface area contributed by atoms with Gasteiger partial charge in [-0.05, 0) is 24.1 Å². The van der Waals surface area contributed by atoms with E-state index in [1.807, 2.05) is 19.1 Å². The summed E-state index contributed by atoms with van der Waals surface area (Å²) in [5.41, 5.74) is 1.70. The van der Waals surface area contributed by atoms with Gasteiger partial charge in [0.05, 0.1) is 31.5 Å². The van der Waals surface area contributed by atoms with E-state index in [-0.39, 0.29) is 11.5 Å². The second kappa shape index (κ2) is 7.21. The summed E-state index contributed by atoms with van der Waals surface area (Å²) >= 11 is 12.0. The van der Waals surface area contributed by atoms with Crippen LogP contribution in [0.5, 0.6) is 0 Å². The van der Waals surface area contributed by atoms with Crippen LogP contribution in [-0.4, -0.2) is 15.7 Å². The molecule has 2 rings (SSSR count). The van der Waals surface area contributed by atoms with Gasteiger partial charge >= 0.3 is 0 Å². The highest BCUT2D eigenvalue weighted by Gasteiger charge is 2.17. The second-order valence-corrected chi connectivity index (χ2v) is 6.72. The molecule has 0 saturated carbocycles. The average Bonchev–Trinajstić information content (AvgIpc) is 2.47. The van der Waals surface area contributed by atoms with Crippen LogP contribution in [0.15, 0.2) is 47.4 Å². The Morgan fingerprint density at radius 1 is 1.05 bits per heavy atom. The van der Waals surface area contributed by atoms with E-state index in [0.717, 1.165) is 12.0 Å². The predicted molar refractivity (Wildman–Crippen MR) is 87.9 cm³/mol. The van der Waals surface area contributed by atoms with E-state index in [1.165, 1.54) is 0 Å². The largest absolute Gasteiger partial charge is 0.293 e. The summed E-state index contributed by atoms with van der Waals surface area (Å²) in [5.74, 6) is -0.318. The first-order chi connectivity index (χ1) is 10.0. The van der Waals surface area contributed by atoms with Crippen molar-refractivity contribution in [2.45, 2.75) is 18.2 Å². The van der Waals surface area contributed by atoms with Crippen LogP contribution in [0.25, 0.3) is 0 Å². The molecule has 1 atom stereocenters. The van der Waals surface area contributed by atoms with Crippen molar-refractivity contribution in [3.63, 3.8) is 0 Å². The summed E-state index contributed by atoms with van der Waals surface area (Å²) in [6.07, 6.45) is 0.912. The number of hydrogen-bond donors (Lipinski definition) is 0. The van der Waals surface area contributed by atoms with Crippen molar-refractivity contribution in [2.24, 2.45) is 0 Å². The Morgan fingerprint density at radius 2 is 1.62 bits per heavy atom. The van der Waals surface area contributed by atoms with E-state index < -0.39 is 10.8 Å². The zero-order valence-corrected chi connectivity index (χ0v) is 13.8. The van der Waals surface area contributed by atoms with Crippen LogP contribution in [0.3, 0.4) is 0 Å². The summed E-state index contributed by atoms with van der Waals surface area (Å²) in [6.45, 7) is 2.05. The minimum atomic E-state index is -1.56. The van der Waals surface area contributed by atoms with Crippen LogP contribution < -0.4 is 0 Å². The smallest absolute Gasteiger partial charge is 0.175 e. The Bertz CT molecular complexity index is 661. The molecule has 2 nitrogen and oxygen atoms in total. The number of Topliss-reactive ketones (excluding diaryl/α,β-unsaturated/α-hetero) is 1. The maximum Gasteiger partial charge on any atom is 0.175 e. The standard InChI is InChI=1S/C16H14Cl2O2S/c1-2-11-6-8-12(9-7-11)15(19)10-21(20)16-13(17)4-3-5-14(16)18/h3-9H,2,10H2,1H3. The van der Waals surface area contributed by atoms with Gasteiger partial charge in [-0.15, -0.1) is 0 Å². The summed E-state index contributed by atoms with van der Waals surface area (Å²) in [6, 6.07) is 12.2. The van der Waals surface area contributed by atoms with Gasteiger partial charge in [0.15, 0.2) is 5.78 Å². The minimum Gasteiger partial charge on any atom is -0.293 e. The maximum atomic E-state index is 12.3. The summed E-state index contributed by atoms with van der Waals surface area (Å²) in [5, 5.41) is 0.630. The SMILES string of the molecule is CCc1ccc(C(=O)CS(=O)c2c(Cl)cccc2Cl)cc1. The highest BCUT2D eigenvalue weighted by atomic mass is 35.5. The first-order valence-corrected chi connectivity index (χ1v) is 8.55. The first-order valence-electron chi connectivity index (χ1n) is 6.47. The highest BCUT2D eigenvalue weighted by molar-refractivity contribution is 7.86. The lowest BCUT2D eigenvalue weighted by molar-refractivity contribution is 0.102. The van der Waals surface area contributed by atoms with Gasteiger partial charge < -0.3 is 0 Å². The van der Waals surface area contributed by atoms with E-state index >= 15 is 0 Å². The van der Waals surface area contributed by atoms with Crippen LogP contribution in [0.2, 0.25) is 10.0 Å². The Labute approximate surface area is 136 Å². The predicted octanol–water partition coefficient (Wildman–Crippen LogP) is 4.55. The van der Waals surface area contributed by atoms with Crippen molar-refractivity contribution in [3.8, 4) is 0 Å². The third-order valence-electron chi connectivity index (χ3n) is 3.09. The highest BCUT2D eigenvalue weighted by Crippen LogP contribution is 2.28. The molecular weight excluding hydrogens is 327 g/mol. The molecular formula is C16H14Cl2O2S. The molecule has 0 fully saturated rings. The number of hydrogen-bond acceptors (Lipinski definition) is 2. The van der Waals surface area contributed by atoms with E-state index in [1.54, 1.807) is 30.3 Å². The van der Waals surface area contributed by atoms with Crippen LogP contribution in [0.4, 0.5) is 0 Å². The Balaban J connectivity index is 2.17. The molecule has 2 aromatic carbocycles. The average molecular weight is 341 g/mol. The van der Waals surface area contributed by atoms with Gasteiger partial charge in [0.1, 0.15) is 0 Å². The zero-order chi connectivity index (χ0) is 15.4. The molecule has 0 saturated heterocycles. The molecule has 0 radical (unpaired) electrons. The fourth-order valence-electron chi connectivity index (χ4n) is 1.90. The van der Waals surface area contributed by atoms with Crippen LogP contribution in [0, 0.1) is 0 Å². The number of benzene rings is 2. The number of halogens is 2. The molecule has 0 N–H and O–H groups in total. The molecule has 0 aliphatic carbocycles. The molecule has 0 amide bonds. The van der Waals surface area contributed by atoms with E-state index in [9.17, 15) is 9.00 Å². The second-order valence-electron chi connectivity index (χ2n) is 4.51. The van der Waals surface area contributed by atoms with Crippen molar-refractivity contribution < 1.29 is 9.00 Å². The monoisotopic (exact) mass is 340 g/mol. The molecule has 110 valence electrons. The molecule has 0 bridgehead atoms. The normalized spacial score (nSPS) is 12.1. The molecule has 0 aliphatic rings. The molecule has 21 heavy (non-hydrogen) atoms. The van der Waals surface area contributed by atoms with Crippen molar-refractivity contribution in [3.05, 3.63) is 63.6 Å².